The van der Waals surface area contributed by atoms with Crippen LogP contribution in [0.15, 0.2) is 45.5 Å². The quantitative estimate of drug-likeness (QED) is 0.660. The lowest BCUT2D eigenvalue weighted by atomic mass is 9.87. The molecule has 1 aromatic heterocycles. The van der Waals surface area contributed by atoms with Gasteiger partial charge in [0.1, 0.15) is 0 Å². The van der Waals surface area contributed by atoms with Gasteiger partial charge in [0.2, 0.25) is 5.78 Å². The predicted octanol–water partition coefficient (Wildman–Crippen LogP) is 2.20. The summed E-state index contributed by atoms with van der Waals surface area (Å²) in [6, 6.07) is 0. The molecule has 5 nitrogen and oxygen atoms in total. The van der Waals surface area contributed by atoms with E-state index >= 15 is 0 Å². The van der Waals surface area contributed by atoms with Gasteiger partial charge in [-0.3, -0.25) is 14.6 Å². The molecular weight excluding hydrogens is 268 g/mol. The molecular formula is C16H18N2O3. The van der Waals surface area contributed by atoms with Crippen LogP contribution in [0.3, 0.4) is 0 Å². The Morgan fingerprint density at radius 2 is 1.86 bits per heavy atom. The molecule has 1 aromatic rings. The first kappa shape index (κ1) is 15.0. The molecule has 0 saturated heterocycles. The van der Waals surface area contributed by atoms with Gasteiger partial charge in [0, 0.05) is 11.1 Å². The van der Waals surface area contributed by atoms with E-state index in [0.29, 0.717) is 24.0 Å². The summed E-state index contributed by atoms with van der Waals surface area (Å²) in [5.74, 6) is -0.524. The molecule has 2 N–H and O–H groups in total. The third kappa shape index (κ3) is 3.02. The fraction of sp³-hybridized carbons (Fsp3) is 0.312. The second kappa shape index (κ2) is 5.52. The van der Waals surface area contributed by atoms with Crippen LogP contribution in [0.25, 0.3) is 0 Å². The molecule has 2 rings (SSSR count). The Morgan fingerprint density at radius 1 is 1.19 bits per heavy atom. The van der Waals surface area contributed by atoms with Crippen LogP contribution in [0.2, 0.25) is 0 Å². The minimum atomic E-state index is -0.679. The van der Waals surface area contributed by atoms with Crippen LogP contribution in [-0.2, 0) is 0 Å². The van der Waals surface area contributed by atoms with E-state index in [1.165, 1.54) is 0 Å². The van der Waals surface area contributed by atoms with Crippen molar-refractivity contribution < 1.29 is 4.79 Å². The van der Waals surface area contributed by atoms with E-state index in [1.54, 1.807) is 19.9 Å². The number of nitrogens with one attached hydrogen (secondary N) is 2. The molecule has 21 heavy (non-hydrogen) atoms. The van der Waals surface area contributed by atoms with Gasteiger partial charge in [0.15, 0.2) is 0 Å². The third-order valence-electron chi connectivity index (χ3n) is 3.37. The zero-order valence-electron chi connectivity index (χ0n) is 12.2. The molecule has 0 unspecified atom stereocenters. The molecule has 1 aliphatic carbocycles. The van der Waals surface area contributed by atoms with E-state index in [-0.39, 0.29) is 17.4 Å². The maximum atomic E-state index is 12.6. The van der Waals surface area contributed by atoms with E-state index in [0.717, 1.165) is 11.1 Å². The molecule has 0 atom stereocenters. The van der Waals surface area contributed by atoms with E-state index < -0.39 is 11.2 Å². The highest BCUT2D eigenvalue weighted by Gasteiger charge is 2.24. The topological polar surface area (TPSA) is 82.8 Å². The molecule has 0 bridgehead atoms. The van der Waals surface area contributed by atoms with E-state index in [2.05, 4.69) is 23.1 Å². The summed E-state index contributed by atoms with van der Waals surface area (Å²) < 4.78 is 0. The van der Waals surface area contributed by atoms with Crippen LogP contribution in [0.5, 0.6) is 0 Å². The van der Waals surface area contributed by atoms with Gasteiger partial charge in [-0.25, -0.2) is 4.79 Å². The Morgan fingerprint density at radius 3 is 2.43 bits per heavy atom. The zero-order chi connectivity index (χ0) is 15.7. The number of carbonyl (C=O) groups excluding carboxylic acids is 1. The first-order chi connectivity index (χ1) is 9.79. The fourth-order valence-electron chi connectivity index (χ4n) is 2.53. The third-order valence-corrected chi connectivity index (χ3v) is 3.37. The summed E-state index contributed by atoms with van der Waals surface area (Å²) in [6.45, 7) is 11.3. The molecule has 0 aliphatic heterocycles. The zero-order valence-corrected chi connectivity index (χ0v) is 12.2. The lowest BCUT2D eigenvalue weighted by molar-refractivity contribution is 0.102. The van der Waals surface area contributed by atoms with Crippen molar-refractivity contribution in [2.45, 2.75) is 32.6 Å². The number of H-pyrrole nitrogens is 2. The summed E-state index contributed by atoms with van der Waals surface area (Å²) in [7, 11) is 0. The van der Waals surface area contributed by atoms with Crippen molar-refractivity contribution in [3.8, 4) is 0 Å². The fourth-order valence-corrected chi connectivity index (χ4v) is 2.53. The Hall–Kier alpha value is -2.43. The smallest absolute Gasteiger partial charge is 0.304 e. The summed E-state index contributed by atoms with van der Waals surface area (Å²) in [5.41, 5.74) is 1.35. The summed E-state index contributed by atoms with van der Waals surface area (Å²) in [5, 5.41) is 0. The number of aromatic nitrogens is 2. The highest BCUT2D eigenvalue weighted by molar-refractivity contribution is 6.09. The van der Waals surface area contributed by atoms with Crippen molar-refractivity contribution in [1.82, 2.24) is 9.97 Å². The monoisotopic (exact) mass is 286 g/mol. The lowest BCUT2D eigenvalue weighted by Gasteiger charge is -2.17. The molecule has 5 heteroatoms. The molecule has 1 heterocycles. The maximum absolute atomic E-state index is 12.6. The second-order valence-corrected chi connectivity index (χ2v) is 5.61. The molecule has 0 spiro atoms. The first-order valence-corrected chi connectivity index (χ1v) is 6.75. The number of hydrogen-bond donors (Lipinski definition) is 2. The van der Waals surface area contributed by atoms with Gasteiger partial charge in [-0.15, -0.1) is 0 Å². The minimum absolute atomic E-state index is 0.0625. The predicted molar refractivity (Wildman–Crippen MR) is 81.7 cm³/mol. The summed E-state index contributed by atoms with van der Waals surface area (Å²) in [4.78, 5) is 40.7. The minimum Gasteiger partial charge on any atom is -0.304 e. The Kier molecular flexibility index (Phi) is 3.93. The van der Waals surface area contributed by atoms with Gasteiger partial charge < -0.3 is 4.98 Å². The van der Waals surface area contributed by atoms with E-state index in [4.69, 9.17) is 0 Å². The van der Waals surface area contributed by atoms with Crippen molar-refractivity contribution in [1.29, 1.82) is 0 Å². The number of allylic oxidation sites excluding steroid dienone is 4. The number of Topliss-reactive ketones (excluding diaryl/α,β-unsaturated/α-hetero) is 1. The largest absolute Gasteiger partial charge is 0.326 e. The van der Waals surface area contributed by atoms with Gasteiger partial charge in [0.05, 0.1) is 5.69 Å². The van der Waals surface area contributed by atoms with Crippen LogP contribution >= 0.6 is 0 Å². The van der Waals surface area contributed by atoms with Crippen molar-refractivity contribution >= 4 is 5.78 Å². The second-order valence-electron chi connectivity index (χ2n) is 5.61. The molecule has 0 saturated carbocycles. The van der Waals surface area contributed by atoms with Crippen molar-refractivity contribution in [3.63, 3.8) is 0 Å². The number of carbonyl (C=O) groups is 1. The number of rotatable bonds is 3. The van der Waals surface area contributed by atoms with E-state index in [1.807, 2.05) is 0 Å². The van der Waals surface area contributed by atoms with Crippen LogP contribution in [0.4, 0.5) is 0 Å². The van der Waals surface area contributed by atoms with Crippen molar-refractivity contribution in [2.75, 3.05) is 0 Å². The SMILES string of the molecule is C=C1C=C(C(=O)c2[nH]c(=O)[nH]c(=O)c2C(C)C)CC(=C)C1. The van der Waals surface area contributed by atoms with Crippen molar-refractivity contribution in [3.05, 3.63) is 68.0 Å². The van der Waals surface area contributed by atoms with Crippen molar-refractivity contribution in [2.24, 2.45) is 0 Å². The number of aromatic amines is 2. The summed E-state index contributed by atoms with van der Waals surface area (Å²) >= 11 is 0. The normalized spacial score (nSPS) is 15.3. The van der Waals surface area contributed by atoms with Gasteiger partial charge in [-0.2, -0.15) is 0 Å². The average Bonchev–Trinajstić information content (AvgIpc) is 2.35. The Balaban J connectivity index is 2.59. The average molecular weight is 286 g/mol. The summed E-state index contributed by atoms with van der Waals surface area (Å²) in [6.07, 6.45) is 2.81. The van der Waals surface area contributed by atoms with Gasteiger partial charge in [0.25, 0.3) is 5.56 Å². The number of hydrogen-bond acceptors (Lipinski definition) is 3. The highest BCUT2D eigenvalue weighted by Crippen LogP contribution is 2.28. The van der Waals surface area contributed by atoms with E-state index in [9.17, 15) is 14.4 Å². The molecule has 0 aromatic carbocycles. The maximum Gasteiger partial charge on any atom is 0.326 e. The van der Waals surface area contributed by atoms with Gasteiger partial charge in [-0.05, 0) is 18.8 Å². The van der Waals surface area contributed by atoms with Gasteiger partial charge >= 0.3 is 5.69 Å². The molecule has 0 amide bonds. The molecule has 0 radical (unpaired) electrons. The molecule has 1 aliphatic rings. The molecule has 110 valence electrons. The molecule has 0 fully saturated rings. The van der Waals surface area contributed by atoms with Gasteiger partial charge in [-0.1, -0.05) is 44.2 Å². The Bertz CT molecular complexity index is 775. The van der Waals surface area contributed by atoms with Crippen LogP contribution in [0, 0.1) is 0 Å². The number of ketones is 1. The standard InChI is InChI=1S/C16H18N2O3/c1-8(2)12-13(17-16(21)18-15(12)20)14(19)11-6-9(3)5-10(4)7-11/h6,8H,3-5,7H2,1-2H3,(H2,17,18,20,21). The van der Waals surface area contributed by atoms with Crippen LogP contribution in [-0.4, -0.2) is 15.8 Å². The van der Waals surface area contributed by atoms with Crippen LogP contribution < -0.4 is 11.2 Å². The Labute approximate surface area is 122 Å². The lowest BCUT2D eigenvalue weighted by Crippen LogP contribution is -2.31. The highest BCUT2D eigenvalue weighted by atomic mass is 16.2. The van der Waals surface area contributed by atoms with Crippen LogP contribution in [0.1, 0.15) is 48.7 Å². The first-order valence-electron chi connectivity index (χ1n) is 6.75.